The number of fused-ring (bicyclic) bond motifs is 1. The maximum atomic E-state index is 12.1. The van der Waals surface area contributed by atoms with Gasteiger partial charge in [0.2, 0.25) is 0 Å². The van der Waals surface area contributed by atoms with E-state index in [1.807, 2.05) is 36.5 Å². The largest absolute Gasteiger partial charge is 0.361 e. The maximum absolute atomic E-state index is 12.1. The van der Waals surface area contributed by atoms with Crippen molar-refractivity contribution in [3.63, 3.8) is 0 Å². The summed E-state index contributed by atoms with van der Waals surface area (Å²) in [6.45, 7) is 2.68. The number of carbonyl (C=O) groups is 1. The van der Waals surface area contributed by atoms with Crippen LogP contribution in [0.4, 0.5) is 10.5 Å². The summed E-state index contributed by atoms with van der Waals surface area (Å²) in [6.07, 6.45) is 5.41. The molecule has 0 aliphatic heterocycles. The molecule has 0 spiro atoms. The molecule has 0 radical (unpaired) electrons. The number of unbranched alkanes of at least 4 members (excludes halogenated alkanes) is 1. The predicted molar refractivity (Wildman–Crippen MR) is 99.2 cm³/mol. The van der Waals surface area contributed by atoms with E-state index >= 15 is 0 Å². The van der Waals surface area contributed by atoms with Gasteiger partial charge in [0.1, 0.15) is 0 Å². The van der Waals surface area contributed by atoms with Gasteiger partial charge in [-0.25, -0.2) is 4.79 Å². The fourth-order valence-corrected chi connectivity index (χ4v) is 2.76. The van der Waals surface area contributed by atoms with E-state index < -0.39 is 0 Å². The second-order valence-corrected chi connectivity index (χ2v) is 5.97. The number of carbonyl (C=O) groups excluding carboxylic acids is 1. The molecule has 0 aliphatic carbocycles. The Morgan fingerprint density at radius 1 is 1.08 bits per heavy atom. The van der Waals surface area contributed by atoms with Crippen LogP contribution in [-0.4, -0.2) is 11.0 Å². The third kappa shape index (κ3) is 3.96. The van der Waals surface area contributed by atoms with Gasteiger partial charge in [-0.15, -0.1) is 0 Å². The molecular weight excluding hydrogens is 298 g/mol. The van der Waals surface area contributed by atoms with Gasteiger partial charge in [-0.05, 0) is 42.2 Å². The van der Waals surface area contributed by atoms with Gasteiger partial charge in [-0.2, -0.15) is 0 Å². The molecule has 1 aromatic heterocycles. The summed E-state index contributed by atoms with van der Waals surface area (Å²) in [5, 5.41) is 6.92. The molecular formula is C20H23N3O. The highest BCUT2D eigenvalue weighted by atomic mass is 16.2. The minimum absolute atomic E-state index is 0.193. The molecule has 0 bridgehead atoms. The average molecular weight is 321 g/mol. The molecule has 4 heteroatoms. The number of benzene rings is 2. The molecule has 3 rings (SSSR count). The summed E-state index contributed by atoms with van der Waals surface area (Å²) in [6, 6.07) is 15.9. The molecule has 3 N–H and O–H groups in total. The van der Waals surface area contributed by atoms with E-state index in [4.69, 9.17) is 0 Å². The van der Waals surface area contributed by atoms with Crippen molar-refractivity contribution in [1.82, 2.24) is 10.3 Å². The zero-order valence-corrected chi connectivity index (χ0v) is 13.9. The summed E-state index contributed by atoms with van der Waals surface area (Å²) >= 11 is 0. The van der Waals surface area contributed by atoms with Gasteiger partial charge >= 0.3 is 6.03 Å². The van der Waals surface area contributed by atoms with Crippen LogP contribution in [0.15, 0.2) is 54.7 Å². The highest BCUT2D eigenvalue weighted by Crippen LogP contribution is 2.17. The maximum Gasteiger partial charge on any atom is 0.319 e. The van der Waals surface area contributed by atoms with Crippen molar-refractivity contribution in [2.24, 2.45) is 0 Å². The van der Waals surface area contributed by atoms with Crippen LogP contribution in [0.2, 0.25) is 0 Å². The van der Waals surface area contributed by atoms with Gasteiger partial charge < -0.3 is 15.6 Å². The van der Waals surface area contributed by atoms with Gasteiger partial charge in [-0.1, -0.05) is 43.7 Å². The molecule has 2 amide bonds. The van der Waals surface area contributed by atoms with Gasteiger partial charge in [-0.3, -0.25) is 0 Å². The highest BCUT2D eigenvalue weighted by molar-refractivity contribution is 5.90. The van der Waals surface area contributed by atoms with Crippen LogP contribution >= 0.6 is 0 Å². The first-order chi connectivity index (χ1) is 11.8. The Balaban J connectivity index is 1.54. The lowest BCUT2D eigenvalue weighted by Gasteiger charge is -2.08. The topological polar surface area (TPSA) is 56.9 Å². The fourth-order valence-electron chi connectivity index (χ4n) is 2.76. The average Bonchev–Trinajstić information content (AvgIpc) is 3.03. The number of hydrogen-bond acceptors (Lipinski definition) is 1. The van der Waals surface area contributed by atoms with Crippen LogP contribution in [0.1, 0.15) is 30.9 Å². The third-order valence-electron chi connectivity index (χ3n) is 4.15. The van der Waals surface area contributed by atoms with Crippen molar-refractivity contribution in [3.8, 4) is 0 Å². The number of urea groups is 1. The van der Waals surface area contributed by atoms with Crippen LogP contribution in [0.3, 0.4) is 0 Å². The Morgan fingerprint density at radius 3 is 2.67 bits per heavy atom. The molecule has 0 atom stereocenters. The lowest BCUT2D eigenvalue weighted by Crippen LogP contribution is -2.28. The van der Waals surface area contributed by atoms with Crippen molar-refractivity contribution in [1.29, 1.82) is 0 Å². The number of H-pyrrole nitrogens is 1. The molecule has 3 aromatic rings. The zero-order valence-electron chi connectivity index (χ0n) is 13.9. The molecule has 124 valence electrons. The Hall–Kier alpha value is -2.75. The second-order valence-electron chi connectivity index (χ2n) is 5.97. The van der Waals surface area contributed by atoms with Gasteiger partial charge in [0.25, 0.3) is 0 Å². The van der Waals surface area contributed by atoms with E-state index in [2.05, 4.69) is 40.7 Å². The van der Waals surface area contributed by atoms with Gasteiger partial charge in [0.05, 0.1) is 0 Å². The number of hydrogen-bond donors (Lipinski definition) is 3. The molecule has 0 saturated heterocycles. The number of amides is 2. The van der Waals surface area contributed by atoms with Crippen LogP contribution < -0.4 is 10.6 Å². The fraction of sp³-hybridized carbons (Fsp3) is 0.250. The molecule has 1 heterocycles. The first-order valence-corrected chi connectivity index (χ1v) is 8.45. The number of para-hydroxylation sites is 1. The molecule has 0 aliphatic rings. The molecule has 0 unspecified atom stereocenters. The Morgan fingerprint density at radius 2 is 1.88 bits per heavy atom. The minimum atomic E-state index is -0.193. The second kappa shape index (κ2) is 7.68. The van der Waals surface area contributed by atoms with E-state index in [0.29, 0.717) is 6.54 Å². The quantitative estimate of drug-likeness (QED) is 0.598. The lowest BCUT2D eigenvalue weighted by molar-refractivity contribution is 0.252. The predicted octanol–water partition coefficient (Wildman–Crippen LogP) is 4.83. The summed E-state index contributed by atoms with van der Waals surface area (Å²) < 4.78 is 0. The van der Waals surface area contributed by atoms with Crippen LogP contribution in [-0.2, 0) is 13.0 Å². The smallest absolute Gasteiger partial charge is 0.319 e. The van der Waals surface area contributed by atoms with Crippen molar-refractivity contribution in [3.05, 3.63) is 65.9 Å². The molecule has 24 heavy (non-hydrogen) atoms. The Labute approximate surface area is 142 Å². The minimum Gasteiger partial charge on any atom is -0.361 e. The van der Waals surface area contributed by atoms with Crippen molar-refractivity contribution in [2.75, 3.05) is 5.32 Å². The van der Waals surface area contributed by atoms with Crippen LogP contribution in [0.5, 0.6) is 0 Å². The third-order valence-corrected chi connectivity index (χ3v) is 4.15. The molecule has 2 aromatic carbocycles. The number of nitrogens with one attached hydrogen (secondary N) is 3. The SMILES string of the molecule is CCCCc1ccc(NC(=O)NCc2c[nH]c3ccccc23)cc1. The summed E-state index contributed by atoms with van der Waals surface area (Å²) in [5.41, 5.74) is 4.28. The lowest BCUT2D eigenvalue weighted by atomic mass is 10.1. The first kappa shape index (κ1) is 16.1. The van der Waals surface area contributed by atoms with Crippen molar-refractivity contribution >= 4 is 22.6 Å². The van der Waals surface area contributed by atoms with Crippen LogP contribution in [0, 0.1) is 0 Å². The summed E-state index contributed by atoms with van der Waals surface area (Å²) in [4.78, 5) is 15.3. The van der Waals surface area contributed by atoms with Gasteiger partial charge in [0.15, 0.2) is 0 Å². The summed E-state index contributed by atoms with van der Waals surface area (Å²) in [5.74, 6) is 0. The Kier molecular flexibility index (Phi) is 5.16. The first-order valence-electron chi connectivity index (χ1n) is 8.45. The molecule has 4 nitrogen and oxygen atoms in total. The number of aryl methyl sites for hydroxylation is 1. The van der Waals surface area contributed by atoms with E-state index in [1.54, 1.807) is 0 Å². The van der Waals surface area contributed by atoms with Crippen molar-refractivity contribution in [2.45, 2.75) is 32.7 Å². The molecule has 0 saturated carbocycles. The van der Waals surface area contributed by atoms with Gasteiger partial charge in [0, 0.05) is 29.3 Å². The van der Waals surface area contributed by atoms with E-state index in [1.165, 1.54) is 18.4 Å². The normalized spacial score (nSPS) is 10.7. The monoisotopic (exact) mass is 321 g/mol. The van der Waals surface area contributed by atoms with E-state index in [-0.39, 0.29) is 6.03 Å². The zero-order chi connectivity index (χ0) is 16.8. The highest BCUT2D eigenvalue weighted by Gasteiger charge is 2.05. The molecule has 0 fully saturated rings. The Bertz CT molecular complexity index is 805. The number of aromatic amines is 1. The number of anilines is 1. The van der Waals surface area contributed by atoms with Crippen LogP contribution in [0.25, 0.3) is 10.9 Å². The van der Waals surface area contributed by atoms with E-state index in [0.717, 1.165) is 28.6 Å². The van der Waals surface area contributed by atoms with E-state index in [9.17, 15) is 4.79 Å². The summed E-state index contributed by atoms with van der Waals surface area (Å²) in [7, 11) is 0. The van der Waals surface area contributed by atoms with Crippen molar-refractivity contribution < 1.29 is 4.79 Å². The standard InChI is InChI=1S/C20H23N3O/c1-2-3-6-15-9-11-17(12-10-15)23-20(24)22-14-16-13-21-19-8-5-4-7-18(16)19/h4-5,7-13,21H,2-3,6,14H2,1H3,(H2,22,23,24). The number of rotatable bonds is 6. The number of aromatic nitrogens is 1.